The number of nitrogens with zero attached hydrogens (tertiary/aromatic N) is 1. The number of benzene rings is 2. The highest BCUT2D eigenvalue weighted by Crippen LogP contribution is 2.31. The Balaban J connectivity index is 2.24. The molecule has 0 saturated heterocycles. The number of para-hydroxylation sites is 1. The predicted octanol–water partition coefficient (Wildman–Crippen LogP) is 4.96. The monoisotopic (exact) mass is 444 g/mol. The molecule has 0 heterocycles. The number of rotatable bonds is 8. The van der Waals surface area contributed by atoms with Crippen molar-refractivity contribution in [3.8, 4) is 5.75 Å². The van der Waals surface area contributed by atoms with Crippen molar-refractivity contribution in [1.29, 1.82) is 0 Å². The topological polar surface area (TPSA) is 58.6 Å². The summed E-state index contributed by atoms with van der Waals surface area (Å²) in [6, 6.07) is 14.3. The van der Waals surface area contributed by atoms with E-state index in [-0.39, 0.29) is 36.4 Å². The largest absolute Gasteiger partial charge is 0.483 e. The molecule has 31 heavy (non-hydrogen) atoms. The highest BCUT2D eigenvalue weighted by Gasteiger charge is 2.28. The van der Waals surface area contributed by atoms with E-state index in [1.807, 2.05) is 56.3 Å². The second-order valence-electron chi connectivity index (χ2n) is 8.99. The Kier molecular flexibility index (Phi) is 8.52. The second kappa shape index (κ2) is 10.7. The van der Waals surface area contributed by atoms with Gasteiger partial charge in [-0.15, -0.1) is 0 Å². The average Bonchev–Trinajstić information content (AvgIpc) is 2.70. The molecule has 2 aromatic carbocycles. The summed E-state index contributed by atoms with van der Waals surface area (Å²) in [5.41, 5.74) is 1.67. The molecule has 2 rings (SSSR count). The number of carbonyl (C=O) groups excluding carboxylic acids is 2. The van der Waals surface area contributed by atoms with E-state index in [0.717, 1.165) is 11.1 Å². The minimum absolute atomic E-state index is 0.0258. The molecule has 2 aromatic rings. The summed E-state index contributed by atoms with van der Waals surface area (Å²) >= 11 is 6.32. The molecule has 0 aliphatic heterocycles. The number of hydrogen-bond acceptors (Lipinski definition) is 3. The highest BCUT2D eigenvalue weighted by atomic mass is 35.5. The smallest absolute Gasteiger partial charge is 0.261 e. The number of hydrogen-bond donors (Lipinski definition) is 1. The molecule has 0 aliphatic carbocycles. The summed E-state index contributed by atoms with van der Waals surface area (Å²) in [4.78, 5) is 27.4. The van der Waals surface area contributed by atoms with E-state index in [9.17, 15) is 9.59 Å². The summed E-state index contributed by atoms with van der Waals surface area (Å²) in [6.07, 6.45) is 0. The fraction of sp³-hybridized carbons (Fsp3) is 0.440. The van der Waals surface area contributed by atoms with E-state index in [0.29, 0.717) is 10.8 Å². The molecule has 5 nitrogen and oxygen atoms in total. The van der Waals surface area contributed by atoms with Crippen molar-refractivity contribution in [3.63, 3.8) is 0 Å². The maximum atomic E-state index is 13.2. The Hall–Kier alpha value is -2.53. The van der Waals surface area contributed by atoms with Crippen molar-refractivity contribution in [2.24, 2.45) is 0 Å². The van der Waals surface area contributed by atoms with Gasteiger partial charge in [-0.2, -0.15) is 0 Å². The molecule has 168 valence electrons. The van der Waals surface area contributed by atoms with Crippen LogP contribution in [0.25, 0.3) is 0 Å². The van der Waals surface area contributed by atoms with Crippen LogP contribution >= 0.6 is 11.6 Å². The number of ether oxygens (including phenoxy) is 1. The van der Waals surface area contributed by atoms with Gasteiger partial charge in [0.1, 0.15) is 11.8 Å². The first-order valence-electron chi connectivity index (χ1n) is 10.6. The first-order valence-corrected chi connectivity index (χ1v) is 10.9. The van der Waals surface area contributed by atoms with E-state index >= 15 is 0 Å². The summed E-state index contributed by atoms with van der Waals surface area (Å²) in [6.45, 7) is 11.8. The van der Waals surface area contributed by atoms with Gasteiger partial charge in [0.25, 0.3) is 5.91 Å². The molecule has 0 saturated carbocycles. The summed E-state index contributed by atoms with van der Waals surface area (Å²) < 4.78 is 5.93. The lowest BCUT2D eigenvalue weighted by Gasteiger charge is -2.30. The average molecular weight is 445 g/mol. The van der Waals surface area contributed by atoms with Crippen LogP contribution in [-0.2, 0) is 21.5 Å². The minimum Gasteiger partial charge on any atom is -0.483 e. The van der Waals surface area contributed by atoms with Crippen molar-refractivity contribution in [2.75, 3.05) is 6.61 Å². The van der Waals surface area contributed by atoms with E-state index in [1.54, 1.807) is 13.0 Å². The highest BCUT2D eigenvalue weighted by molar-refractivity contribution is 6.31. The van der Waals surface area contributed by atoms with Crippen LogP contribution in [0.4, 0.5) is 0 Å². The maximum Gasteiger partial charge on any atom is 0.261 e. The Morgan fingerprint density at radius 3 is 2.26 bits per heavy atom. The van der Waals surface area contributed by atoms with Gasteiger partial charge in [0.05, 0.1) is 0 Å². The molecule has 0 bridgehead atoms. The first-order chi connectivity index (χ1) is 14.5. The Morgan fingerprint density at radius 2 is 1.65 bits per heavy atom. The lowest BCUT2D eigenvalue weighted by atomic mass is 9.86. The molecular formula is C25H33ClN2O3. The second-order valence-corrected chi connectivity index (χ2v) is 9.39. The lowest BCUT2D eigenvalue weighted by molar-refractivity contribution is -0.142. The summed E-state index contributed by atoms with van der Waals surface area (Å²) in [5, 5.41) is 3.43. The minimum atomic E-state index is -0.673. The van der Waals surface area contributed by atoms with Crippen LogP contribution in [0.3, 0.4) is 0 Å². The van der Waals surface area contributed by atoms with Crippen LogP contribution in [0, 0.1) is 0 Å². The lowest BCUT2D eigenvalue weighted by Crippen LogP contribution is -2.50. The van der Waals surface area contributed by atoms with E-state index in [2.05, 4.69) is 26.1 Å². The molecule has 0 spiro atoms. The zero-order chi connectivity index (χ0) is 23.2. The molecule has 2 amide bonds. The van der Waals surface area contributed by atoms with Crippen molar-refractivity contribution >= 4 is 23.4 Å². The SMILES string of the molecule is CC(C)NC(=O)[C@@H](C)N(Cc1ccccc1Cl)C(=O)COc1ccccc1C(C)(C)C. The number of amides is 2. The normalized spacial score (nSPS) is 12.4. The van der Waals surface area contributed by atoms with E-state index < -0.39 is 6.04 Å². The number of nitrogens with one attached hydrogen (secondary N) is 1. The van der Waals surface area contributed by atoms with Crippen LogP contribution < -0.4 is 10.1 Å². The predicted molar refractivity (Wildman–Crippen MR) is 125 cm³/mol. The van der Waals surface area contributed by atoms with Gasteiger partial charge in [0, 0.05) is 17.6 Å². The molecule has 0 radical (unpaired) electrons. The van der Waals surface area contributed by atoms with E-state index in [1.165, 1.54) is 4.90 Å². The molecule has 6 heteroatoms. The van der Waals surface area contributed by atoms with Gasteiger partial charge in [0.2, 0.25) is 5.91 Å². The zero-order valence-corrected chi connectivity index (χ0v) is 20.0. The van der Waals surface area contributed by atoms with Crippen molar-refractivity contribution in [1.82, 2.24) is 10.2 Å². The molecular weight excluding hydrogens is 412 g/mol. The maximum absolute atomic E-state index is 13.2. The Bertz CT molecular complexity index is 906. The van der Waals surface area contributed by atoms with Crippen molar-refractivity contribution in [3.05, 3.63) is 64.7 Å². The molecule has 0 aromatic heterocycles. The van der Waals surface area contributed by atoms with Crippen LogP contribution in [0.5, 0.6) is 5.75 Å². The molecule has 1 atom stereocenters. The third kappa shape index (κ3) is 7.00. The van der Waals surface area contributed by atoms with Crippen molar-refractivity contribution < 1.29 is 14.3 Å². The number of carbonyl (C=O) groups is 2. The summed E-state index contributed by atoms with van der Waals surface area (Å²) in [5.74, 6) is 0.167. The van der Waals surface area contributed by atoms with Crippen LogP contribution in [-0.4, -0.2) is 35.4 Å². The molecule has 0 aliphatic rings. The first kappa shape index (κ1) is 24.7. The van der Waals surface area contributed by atoms with Crippen LogP contribution in [0.15, 0.2) is 48.5 Å². The zero-order valence-electron chi connectivity index (χ0n) is 19.2. The van der Waals surface area contributed by atoms with Crippen LogP contribution in [0.1, 0.15) is 52.7 Å². The Morgan fingerprint density at radius 1 is 1.03 bits per heavy atom. The fourth-order valence-corrected chi connectivity index (χ4v) is 3.43. The standard InChI is InChI=1S/C25H33ClN2O3/c1-17(2)27-24(30)18(3)28(15-19-11-7-9-13-21(19)26)23(29)16-31-22-14-10-8-12-20(22)25(4,5)6/h7-14,17-18H,15-16H2,1-6H3,(H,27,30)/t18-/m1/s1. The Labute approximate surface area is 190 Å². The molecule has 1 N–H and O–H groups in total. The third-order valence-corrected chi connectivity index (χ3v) is 5.31. The van der Waals surface area contributed by atoms with Gasteiger partial charge >= 0.3 is 0 Å². The molecule has 0 unspecified atom stereocenters. The van der Waals surface area contributed by atoms with Gasteiger partial charge < -0.3 is 15.0 Å². The van der Waals surface area contributed by atoms with Gasteiger partial charge in [-0.05, 0) is 49.4 Å². The van der Waals surface area contributed by atoms with Gasteiger partial charge in [-0.25, -0.2) is 0 Å². The van der Waals surface area contributed by atoms with Gasteiger partial charge in [-0.1, -0.05) is 68.8 Å². The van der Waals surface area contributed by atoms with Crippen LogP contribution in [0.2, 0.25) is 5.02 Å². The van der Waals surface area contributed by atoms with Gasteiger partial charge in [0.15, 0.2) is 6.61 Å². The van der Waals surface area contributed by atoms with E-state index in [4.69, 9.17) is 16.3 Å². The summed E-state index contributed by atoms with van der Waals surface area (Å²) in [7, 11) is 0. The van der Waals surface area contributed by atoms with Gasteiger partial charge in [-0.3, -0.25) is 9.59 Å². The molecule has 0 fully saturated rings. The quantitative estimate of drug-likeness (QED) is 0.626. The third-order valence-electron chi connectivity index (χ3n) is 4.94. The van der Waals surface area contributed by atoms with Crippen molar-refractivity contribution in [2.45, 2.75) is 65.6 Å². The fourth-order valence-electron chi connectivity index (χ4n) is 3.23. The number of halogens is 1.